The summed E-state index contributed by atoms with van der Waals surface area (Å²) in [4.78, 5) is 6.05. The number of aromatic nitrogens is 1. The van der Waals surface area contributed by atoms with E-state index in [0.29, 0.717) is 43.5 Å². The van der Waals surface area contributed by atoms with E-state index in [0.717, 1.165) is 12.1 Å². The second-order valence-electron chi connectivity index (χ2n) is 7.42. The lowest BCUT2D eigenvalue weighted by Gasteiger charge is -2.21. The SMILES string of the molecule is COc1cccc(OC2CO[C@H]3CN(c4cc(C(F)(F)F)cc(C)n4)C[C@@H]3OC2)c1. The summed E-state index contributed by atoms with van der Waals surface area (Å²) in [6, 6.07) is 9.41. The molecule has 2 aromatic rings. The molecule has 2 atom stereocenters. The van der Waals surface area contributed by atoms with E-state index in [-0.39, 0.29) is 24.1 Å². The van der Waals surface area contributed by atoms with Crippen molar-refractivity contribution in [2.45, 2.75) is 31.4 Å². The van der Waals surface area contributed by atoms with Crippen LogP contribution in [0.5, 0.6) is 11.5 Å². The van der Waals surface area contributed by atoms with E-state index in [4.69, 9.17) is 18.9 Å². The van der Waals surface area contributed by atoms with Gasteiger partial charge in [-0.05, 0) is 31.2 Å². The summed E-state index contributed by atoms with van der Waals surface area (Å²) < 4.78 is 62.5. The molecule has 1 aromatic carbocycles. The molecule has 0 amide bonds. The van der Waals surface area contributed by atoms with Gasteiger partial charge in [0.2, 0.25) is 0 Å². The van der Waals surface area contributed by atoms with E-state index in [1.807, 2.05) is 18.2 Å². The molecule has 0 unspecified atom stereocenters. The lowest BCUT2D eigenvalue weighted by molar-refractivity contribution is -0.137. The predicted molar refractivity (Wildman–Crippen MR) is 103 cm³/mol. The second-order valence-corrected chi connectivity index (χ2v) is 7.42. The number of methoxy groups -OCH3 is 1. The quantitative estimate of drug-likeness (QED) is 0.749. The van der Waals surface area contributed by atoms with Gasteiger partial charge in [-0.25, -0.2) is 4.98 Å². The topological polar surface area (TPSA) is 53.0 Å². The van der Waals surface area contributed by atoms with Crippen LogP contribution in [-0.4, -0.2) is 56.7 Å². The van der Waals surface area contributed by atoms with Crippen molar-refractivity contribution in [1.29, 1.82) is 0 Å². The number of anilines is 1. The van der Waals surface area contributed by atoms with Gasteiger partial charge in [-0.15, -0.1) is 0 Å². The number of hydrogen-bond donors (Lipinski definition) is 0. The first kappa shape index (κ1) is 20.7. The molecule has 1 aromatic heterocycles. The van der Waals surface area contributed by atoms with Crippen molar-refractivity contribution in [3.05, 3.63) is 47.7 Å². The van der Waals surface area contributed by atoms with Gasteiger partial charge in [-0.2, -0.15) is 13.2 Å². The minimum Gasteiger partial charge on any atom is -0.497 e. The van der Waals surface area contributed by atoms with E-state index in [9.17, 15) is 13.2 Å². The van der Waals surface area contributed by atoms with Gasteiger partial charge >= 0.3 is 6.18 Å². The standard InChI is InChI=1S/C21H23F3N2O4/c1-13-6-14(21(22,23)24)7-20(25-13)26-9-18-19(10-26)29-12-17(11-28-18)30-16-5-3-4-15(8-16)27-2/h3-8,17-19H,9-12H2,1-2H3/t18-,19-/m0/s1. The molecular weight excluding hydrogens is 401 g/mol. The number of nitrogens with zero attached hydrogens (tertiary/aromatic N) is 2. The normalized spacial score (nSPS) is 22.5. The number of rotatable bonds is 4. The smallest absolute Gasteiger partial charge is 0.416 e. The third-order valence-corrected chi connectivity index (χ3v) is 5.14. The molecule has 0 saturated carbocycles. The molecule has 162 valence electrons. The summed E-state index contributed by atoms with van der Waals surface area (Å²) in [7, 11) is 1.59. The molecule has 30 heavy (non-hydrogen) atoms. The fraction of sp³-hybridized carbons (Fsp3) is 0.476. The van der Waals surface area contributed by atoms with Crippen LogP contribution in [0, 0.1) is 6.92 Å². The minimum absolute atomic E-state index is 0.263. The molecule has 0 bridgehead atoms. The number of halogens is 3. The van der Waals surface area contributed by atoms with E-state index < -0.39 is 11.7 Å². The molecular formula is C21H23F3N2O4. The zero-order valence-corrected chi connectivity index (χ0v) is 16.7. The molecule has 9 heteroatoms. The Kier molecular flexibility index (Phi) is 5.75. The maximum Gasteiger partial charge on any atom is 0.416 e. The van der Waals surface area contributed by atoms with Crippen molar-refractivity contribution in [2.75, 3.05) is 38.3 Å². The van der Waals surface area contributed by atoms with Crippen LogP contribution in [0.3, 0.4) is 0 Å². The van der Waals surface area contributed by atoms with Gasteiger partial charge in [0, 0.05) is 24.8 Å². The fourth-order valence-corrected chi connectivity index (χ4v) is 3.67. The molecule has 2 saturated heterocycles. The van der Waals surface area contributed by atoms with Crippen molar-refractivity contribution in [3.63, 3.8) is 0 Å². The van der Waals surface area contributed by atoms with Crippen molar-refractivity contribution in [2.24, 2.45) is 0 Å². The highest BCUT2D eigenvalue weighted by atomic mass is 19.4. The fourth-order valence-electron chi connectivity index (χ4n) is 3.67. The van der Waals surface area contributed by atoms with Crippen LogP contribution >= 0.6 is 0 Å². The monoisotopic (exact) mass is 424 g/mol. The van der Waals surface area contributed by atoms with E-state index in [1.165, 1.54) is 0 Å². The molecule has 2 aliphatic rings. The number of pyridine rings is 1. The Labute approximate surface area is 172 Å². The molecule has 2 fully saturated rings. The molecule has 0 spiro atoms. The highest BCUT2D eigenvalue weighted by Crippen LogP contribution is 2.33. The zero-order chi connectivity index (χ0) is 21.3. The maximum atomic E-state index is 13.1. The van der Waals surface area contributed by atoms with Crippen molar-refractivity contribution in [3.8, 4) is 11.5 Å². The van der Waals surface area contributed by atoms with Crippen LogP contribution < -0.4 is 14.4 Å². The summed E-state index contributed by atoms with van der Waals surface area (Å²) in [5.74, 6) is 1.63. The summed E-state index contributed by atoms with van der Waals surface area (Å²) in [5, 5.41) is 0. The van der Waals surface area contributed by atoms with Crippen molar-refractivity contribution >= 4 is 5.82 Å². The number of fused-ring (bicyclic) bond motifs is 1. The van der Waals surface area contributed by atoms with Crippen molar-refractivity contribution in [1.82, 2.24) is 4.98 Å². The largest absolute Gasteiger partial charge is 0.497 e. The van der Waals surface area contributed by atoms with Crippen LogP contribution in [0.25, 0.3) is 0 Å². The summed E-state index contributed by atoms with van der Waals surface area (Å²) in [5.41, 5.74) is -0.383. The van der Waals surface area contributed by atoms with Crippen LogP contribution in [-0.2, 0) is 15.7 Å². The molecule has 3 heterocycles. The number of hydrogen-bond acceptors (Lipinski definition) is 6. The van der Waals surface area contributed by atoms with E-state index in [2.05, 4.69) is 4.98 Å². The number of ether oxygens (including phenoxy) is 4. The van der Waals surface area contributed by atoms with Gasteiger partial charge in [0.15, 0.2) is 0 Å². The Hall–Kier alpha value is -2.52. The van der Waals surface area contributed by atoms with Gasteiger partial charge < -0.3 is 23.8 Å². The minimum atomic E-state index is -4.41. The third-order valence-electron chi connectivity index (χ3n) is 5.14. The van der Waals surface area contributed by atoms with Gasteiger partial charge in [-0.3, -0.25) is 0 Å². The first-order valence-electron chi connectivity index (χ1n) is 9.66. The summed E-state index contributed by atoms with van der Waals surface area (Å²) in [6.07, 6.45) is -5.23. The van der Waals surface area contributed by atoms with Crippen LogP contribution in [0.2, 0.25) is 0 Å². The number of alkyl halides is 3. The van der Waals surface area contributed by atoms with Gasteiger partial charge in [0.05, 0.1) is 25.9 Å². The lowest BCUT2D eigenvalue weighted by Crippen LogP contribution is -2.30. The molecule has 2 aliphatic heterocycles. The Balaban J connectivity index is 1.40. The molecule has 0 radical (unpaired) electrons. The molecule has 4 rings (SSSR count). The summed E-state index contributed by atoms with van der Waals surface area (Å²) >= 11 is 0. The van der Waals surface area contributed by atoms with Gasteiger partial charge in [0.25, 0.3) is 0 Å². The number of benzene rings is 1. The highest BCUT2D eigenvalue weighted by Gasteiger charge is 2.39. The Morgan fingerprint density at radius 3 is 2.33 bits per heavy atom. The first-order chi connectivity index (χ1) is 14.3. The average Bonchev–Trinajstić information content (AvgIpc) is 3.03. The molecule has 0 aliphatic carbocycles. The van der Waals surface area contributed by atoms with Crippen LogP contribution in [0.1, 0.15) is 11.3 Å². The van der Waals surface area contributed by atoms with Gasteiger partial charge in [-0.1, -0.05) is 6.07 Å². The Bertz CT molecular complexity index is 877. The zero-order valence-electron chi connectivity index (χ0n) is 16.7. The third kappa shape index (κ3) is 4.62. The first-order valence-corrected chi connectivity index (χ1v) is 9.66. The Morgan fingerprint density at radius 1 is 1.03 bits per heavy atom. The summed E-state index contributed by atoms with van der Waals surface area (Å²) in [6.45, 7) is 3.01. The lowest BCUT2D eigenvalue weighted by atomic mass is 10.2. The Morgan fingerprint density at radius 2 is 1.70 bits per heavy atom. The average molecular weight is 424 g/mol. The van der Waals surface area contributed by atoms with Crippen molar-refractivity contribution < 1.29 is 32.1 Å². The predicted octanol–water partition coefficient (Wildman–Crippen LogP) is 3.47. The van der Waals surface area contributed by atoms with E-state index >= 15 is 0 Å². The van der Waals surface area contributed by atoms with Gasteiger partial charge in [0.1, 0.15) is 35.6 Å². The second kappa shape index (κ2) is 8.31. The van der Waals surface area contributed by atoms with E-state index in [1.54, 1.807) is 25.0 Å². The molecule has 0 N–H and O–H groups in total. The molecule has 6 nitrogen and oxygen atoms in total. The number of aryl methyl sites for hydroxylation is 1. The van der Waals surface area contributed by atoms with Crippen LogP contribution in [0.15, 0.2) is 36.4 Å². The highest BCUT2D eigenvalue weighted by molar-refractivity contribution is 5.45. The maximum absolute atomic E-state index is 13.1. The van der Waals surface area contributed by atoms with Crippen LogP contribution in [0.4, 0.5) is 19.0 Å².